The Balaban J connectivity index is 1.39. The SMILES string of the molecule is CN1C(=O)N(CCOc2ccc(-c3ccc(N(C(N)=O)c4cccc(Cl)c4)cc3)c3c(N)n[nH]c23)C(=O)C1(C)C. The quantitative estimate of drug-likeness (QED) is 0.277. The Morgan fingerprint density at radius 3 is 2.45 bits per heavy atom. The molecule has 206 valence electrons. The van der Waals surface area contributed by atoms with Crippen LogP contribution < -0.4 is 21.1 Å². The predicted molar refractivity (Wildman–Crippen MR) is 154 cm³/mol. The second-order valence-corrected chi connectivity index (χ2v) is 10.3. The summed E-state index contributed by atoms with van der Waals surface area (Å²) >= 11 is 6.11. The van der Waals surface area contributed by atoms with Crippen LogP contribution in [0.5, 0.6) is 5.75 Å². The maximum absolute atomic E-state index is 12.6. The molecule has 5 amide bonds. The van der Waals surface area contributed by atoms with Gasteiger partial charge in [-0.2, -0.15) is 5.10 Å². The molecule has 3 aromatic carbocycles. The number of anilines is 3. The topological polar surface area (TPSA) is 151 Å². The van der Waals surface area contributed by atoms with Gasteiger partial charge in [0.25, 0.3) is 5.91 Å². The zero-order chi connectivity index (χ0) is 28.8. The summed E-state index contributed by atoms with van der Waals surface area (Å²) in [5.74, 6) is 0.487. The van der Waals surface area contributed by atoms with Gasteiger partial charge in [-0.05, 0) is 67.4 Å². The van der Waals surface area contributed by atoms with E-state index in [1.54, 1.807) is 63.4 Å². The van der Waals surface area contributed by atoms with E-state index in [4.69, 9.17) is 27.8 Å². The number of rotatable bonds is 7. The number of aromatic amines is 1. The maximum Gasteiger partial charge on any atom is 0.327 e. The summed E-state index contributed by atoms with van der Waals surface area (Å²) in [4.78, 5) is 41.4. The number of urea groups is 2. The standard InChI is InChI=1S/C28H28ClN7O4/c1-28(2)25(37)35(27(39)34(28)3)13-14-40-21-12-11-20(22-23(21)32-33-24(22)30)16-7-9-18(10-8-16)36(26(31)38)19-6-4-5-17(29)15-19/h4-12,15H,13-14H2,1-3H3,(H2,31,38)(H3,30,32,33). The average Bonchev–Trinajstić information content (AvgIpc) is 3.37. The molecular weight excluding hydrogens is 534 g/mol. The zero-order valence-electron chi connectivity index (χ0n) is 22.1. The van der Waals surface area contributed by atoms with Crippen LogP contribution in [0.2, 0.25) is 5.02 Å². The van der Waals surface area contributed by atoms with Gasteiger partial charge in [0.2, 0.25) is 0 Å². The first-order valence-corrected chi connectivity index (χ1v) is 12.8. The van der Waals surface area contributed by atoms with Crippen molar-refractivity contribution >= 4 is 57.7 Å². The van der Waals surface area contributed by atoms with Crippen LogP contribution >= 0.6 is 11.6 Å². The van der Waals surface area contributed by atoms with Crippen LogP contribution in [0.25, 0.3) is 22.0 Å². The van der Waals surface area contributed by atoms with Crippen molar-refractivity contribution in [2.75, 3.05) is 30.8 Å². The highest BCUT2D eigenvalue weighted by Crippen LogP contribution is 2.38. The van der Waals surface area contributed by atoms with Crippen LogP contribution in [0.1, 0.15) is 13.8 Å². The van der Waals surface area contributed by atoms with E-state index in [1.165, 1.54) is 14.7 Å². The molecule has 4 aromatic rings. The number of primary amides is 1. The number of benzene rings is 3. The van der Waals surface area contributed by atoms with Crippen LogP contribution in [-0.4, -0.2) is 63.7 Å². The van der Waals surface area contributed by atoms with Gasteiger partial charge >= 0.3 is 12.1 Å². The summed E-state index contributed by atoms with van der Waals surface area (Å²) < 4.78 is 5.96. The Kier molecular flexibility index (Phi) is 6.76. The Hall–Kier alpha value is -4.77. The number of carbonyl (C=O) groups is 3. The number of imide groups is 1. The first-order chi connectivity index (χ1) is 19.0. The number of halogens is 1. The Morgan fingerprint density at radius 2 is 1.82 bits per heavy atom. The fourth-order valence-corrected chi connectivity index (χ4v) is 4.91. The van der Waals surface area contributed by atoms with E-state index in [0.717, 1.165) is 11.1 Å². The Morgan fingerprint density at radius 1 is 1.10 bits per heavy atom. The first-order valence-electron chi connectivity index (χ1n) is 12.5. The summed E-state index contributed by atoms with van der Waals surface area (Å²) in [6, 6.07) is 16.7. The van der Waals surface area contributed by atoms with Crippen molar-refractivity contribution in [2.45, 2.75) is 19.4 Å². The molecule has 0 unspecified atom stereocenters. The molecule has 1 aliphatic rings. The number of hydrogen-bond donors (Lipinski definition) is 3. The van der Waals surface area contributed by atoms with Crippen LogP contribution in [0, 0.1) is 0 Å². The monoisotopic (exact) mass is 561 g/mol. The van der Waals surface area contributed by atoms with Crippen molar-refractivity contribution < 1.29 is 19.1 Å². The van der Waals surface area contributed by atoms with Crippen molar-refractivity contribution in [3.05, 3.63) is 65.7 Å². The average molecular weight is 562 g/mol. The molecule has 12 heteroatoms. The van der Waals surface area contributed by atoms with Crippen LogP contribution in [0.4, 0.5) is 26.8 Å². The minimum absolute atomic E-state index is 0.0932. The van der Waals surface area contributed by atoms with E-state index in [-0.39, 0.29) is 30.9 Å². The molecule has 0 spiro atoms. The third-order valence-electron chi connectivity index (χ3n) is 7.13. The molecule has 1 saturated heterocycles. The lowest BCUT2D eigenvalue weighted by atomic mass is 10.0. The largest absolute Gasteiger partial charge is 0.489 e. The number of nitrogens with zero attached hydrogens (tertiary/aromatic N) is 4. The number of nitrogens with one attached hydrogen (secondary N) is 1. The second-order valence-electron chi connectivity index (χ2n) is 9.88. The van der Waals surface area contributed by atoms with Crippen molar-refractivity contribution in [3.63, 3.8) is 0 Å². The van der Waals surface area contributed by atoms with Gasteiger partial charge in [-0.1, -0.05) is 29.8 Å². The van der Waals surface area contributed by atoms with Gasteiger partial charge in [0.05, 0.1) is 23.3 Å². The Labute approximate surface area is 235 Å². The first kappa shape index (κ1) is 26.8. The van der Waals surface area contributed by atoms with Crippen molar-refractivity contribution in [2.24, 2.45) is 5.73 Å². The molecule has 5 N–H and O–H groups in total. The Bertz CT molecular complexity index is 1630. The fraction of sp³-hybridized carbons (Fsp3) is 0.214. The number of fused-ring (bicyclic) bond motifs is 1. The van der Waals surface area contributed by atoms with Crippen molar-refractivity contribution in [3.8, 4) is 16.9 Å². The minimum Gasteiger partial charge on any atom is -0.489 e. The van der Waals surface area contributed by atoms with Gasteiger partial charge in [0.1, 0.15) is 23.4 Å². The number of likely N-dealkylation sites (N-methyl/N-ethyl adjacent to an activating group) is 1. The lowest BCUT2D eigenvalue weighted by Crippen LogP contribution is -2.41. The molecule has 0 atom stereocenters. The van der Waals surface area contributed by atoms with Gasteiger partial charge in [-0.3, -0.25) is 19.7 Å². The van der Waals surface area contributed by atoms with Crippen molar-refractivity contribution in [1.82, 2.24) is 20.0 Å². The van der Waals surface area contributed by atoms with Gasteiger partial charge < -0.3 is 21.1 Å². The van der Waals surface area contributed by atoms with Crippen LogP contribution in [0.3, 0.4) is 0 Å². The molecule has 1 fully saturated rings. The predicted octanol–water partition coefficient (Wildman–Crippen LogP) is 4.73. The van der Waals surface area contributed by atoms with Gasteiger partial charge in [0, 0.05) is 12.1 Å². The van der Waals surface area contributed by atoms with E-state index in [0.29, 0.717) is 33.0 Å². The summed E-state index contributed by atoms with van der Waals surface area (Å²) in [6.45, 7) is 3.61. The van der Waals surface area contributed by atoms with E-state index in [1.807, 2.05) is 18.2 Å². The minimum atomic E-state index is -0.901. The lowest BCUT2D eigenvalue weighted by Gasteiger charge is -2.22. The van der Waals surface area contributed by atoms with E-state index < -0.39 is 11.6 Å². The second kappa shape index (κ2) is 10.1. The normalized spacial score (nSPS) is 14.7. The number of H-pyrrole nitrogens is 1. The highest BCUT2D eigenvalue weighted by molar-refractivity contribution is 6.31. The molecule has 2 heterocycles. The van der Waals surface area contributed by atoms with Crippen LogP contribution in [-0.2, 0) is 4.79 Å². The molecule has 11 nitrogen and oxygen atoms in total. The smallest absolute Gasteiger partial charge is 0.327 e. The molecule has 5 rings (SSSR count). The fourth-order valence-electron chi connectivity index (χ4n) is 4.73. The number of nitrogens with two attached hydrogens (primary N) is 2. The third kappa shape index (κ3) is 4.54. The molecule has 0 radical (unpaired) electrons. The van der Waals surface area contributed by atoms with E-state index in [9.17, 15) is 14.4 Å². The summed E-state index contributed by atoms with van der Waals surface area (Å²) in [7, 11) is 1.60. The van der Waals surface area contributed by atoms with Gasteiger partial charge in [-0.15, -0.1) is 0 Å². The molecular formula is C28H28ClN7O4. The molecule has 0 aliphatic carbocycles. The lowest BCUT2D eigenvalue weighted by molar-refractivity contribution is -0.131. The van der Waals surface area contributed by atoms with Gasteiger partial charge in [0.15, 0.2) is 5.82 Å². The number of hydrogen-bond acceptors (Lipinski definition) is 6. The van der Waals surface area contributed by atoms with E-state index in [2.05, 4.69) is 10.2 Å². The number of aromatic nitrogens is 2. The highest BCUT2D eigenvalue weighted by Gasteiger charge is 2.48. The molecule has 40 heavy (non-hydrogen) atoms. The molecule has 0 bridgehead atoms. The van der Waals surface area contributed by atoms with E-state index >= 15 is 0 Å². The number of nitrogen functional groups attached to an aromatic ring is 1. The number of carbonyl (C=O) groups excluding carboxylic acids is 3. The summed E-state index contributed by atoms with van der Waals surface area (Å²) in [5, 5.41) is 8.22. The highest BCUT2D eigenvalue weighted by atomic mass is 35.5. The van der Waals surface area contributed by atoms with Gasteiger partial charge in [-0.25, -0.2) is 9.59 Å². The number of amides is 5. The molecule has 1 aliphatic heterocycles. The zero-order valence-corrected chi connectivity index (χ0v) is 22.9. The van der Waals surface area contributed by atoms with Crippen molar-refractivity contribution in [1.29, 1.82) is 0 Å². The number of ether oxygens (including phenoxy) is 1. The summed E-state index contributed by atoms with van der Waals surface area (Å²) in [6.07, 6.45) is 0. The maximum atomic E-state index is 12.6. The summed E-state index contributed by atoms with van der Waals surface area (Å²) in [5.41, 5.74) is 14.3. The molecule has 0 saturated carbocycles. The van der Waals surface area contributed by atoms with Crippen LogP contribution in [0.15, 0.2) is 60.7 Å². The molecule has 1 aromatic heterocycles. The third-order valence-corrected chi connectivity index (χ3v) is 7.37.